The van der Waals surface area contributed by atoms with E-state index in [4.69, 9.17) is 21.7 Å². The standard InChI is InChI=1S/C19H22N2O3S/c1-3-12-24-17-7-5-4-6-16(17)18(22)21-19(25)20-13-14-8-10-15(23-2)11-9-14/h4-11H,3,12-13H2,1-2H3,(H2,20,21,22,25). The van der Waals surface area contributed by atoms with Gasteiger partial charge in [0, 0.05) is 6.54 Å². The number of methoxy groups -OCH3 is 1. The molecule has 6 heteroatoms. The third-order valence-electron chi connectivity index (χ3n) is 3.43. The Morgan fingerprint density at radius 2 is 1.84 bits per heavy atom. The van der Waals surface area contributed by atoms with Crippen LogP contribution in [-0.2, 0) is 6.54 Å². The fourth-order valence-electron chi connectivity index (χ4n) is 2.13. The molecule has 2 aromatic rings. The summed E-state index contributed by atoms with van der Waals surface area (Å²) in [5.74, 6) is 1.06. The molecule has 5 nitrogen and oxygen atoms in total. The molecule has 0 aromatic heterocycles. The second kappa shape index (κ2) is 9.64. The van der Waals surface area contributed by atoms with Gasteiger partial charge in [-0.25, -0.2) is 0 Å². The van der Waals surface area contributed by atoms with Crippen molar-refractivity contribution in [2.75, 3.05) is 13.7 Å². The Morgan fingerprint density at radius 3 is 2.52 bits per heavy atom. The summed E-state index contributed by atoms with van der Waals surface area (Å²) in [6, 6.07) is 14.7. The minimum atomic E-state index is -0.293. The Labute approximate surface area is 153 Å². The first-order valence-electron chi connectivity index (χ1n) is 8.08. The Kier molecular flexibility index (Phi) is 7.22. The fourth-order valence-corrected chi connectivity index (χ4v) is 2.30. The summed E-state index contributed by atoms with van der Waals surface area (Å²) in [4.78, 5) is 12.4. The molecular formula is C19H22N2O3S. The molecular weight excluding hydrogens is 336 g/mol. The number of carbonyl (C=O) groups is 1. The van der Waals surface area contributed by atoms with Gasteiger partial charge in [-0.1, -0.05) is 31.2 Å². The van der Waals surface area contributed by atoms with Gasteiger partial charge >= 0.3 is 0 Å². The van der Waals surface area contributed by atoms with Gasteiger partial charge in [-0.15, -0.1) is 0 Å². The number of hydrogen-bond donors (Lipinski definition) is 2. The predicted molar refractivity (Wildman–Crippen MR) is 102 cm³/mol. The molecule has 0 aliphatic rings. The van der Waals surface area contributed by atoms with Crippen molar-refractivity contribution in [3.8, 4) is 11.5 Å². The highest BCUT2D eigenvalue weighted by Crippen LogP contribution is 2.18. The number of para-hydroxylation sites is 1. The quantitative estimate of drug-likeness (QED) is 0.744. The molecule has 0 saturated heterocycles. The second-order valence-corrected chi connectivity index (χ2v) is 5.74. The van der Waals surface area contributed by atoms with E-state index < -0.39 is 0 Å². The Bertz CT molecular complexity index is 717. The molecule has 1 amide bonds. The average Bonchev–Trinajstić information content (AvgIpc) is 2.65. The van der Waals surface area contributed by atoms with Crippen LogP contribution in [0.15, 0.2) is 48.5 Å². The van der Waals surface area contributed by atoms with Crippen molar-refractivity contribution in [1.29, 1.82) is 0 Å². The number of amides is 1. The first-order chi connectivity index (χ1) is 12.1. The van der Waals surface area contributed by atoms with E-state index in [1.54, 1.807) is 25.3 Å². The van der Waals surface area contributed by atoms with Crippen molar-refractivity contribution < 1.29 is 14.3 Å². The van der Waals surface area contributed by atoms with Crippen LogP contribution in [0.4, 0.5) is 0 Å². The van der Waals surface area contributed by atoms with Gasteiger partial charge in [0.25, 0.3) is 5.91 Å². The summed E-state index contributed by atoms with van der Waals surface area (Å²) in [5, 5.41) is 5.97. The smallest absolute Gasteiger partial charge is 0.261 e. The van der Waals surface area contributed by atoms with Crippen LogP contribution in [0.2, 0.25) is 0 Å². The largest absolute Gasteiger partial charge is 0.497 e. The maximum Gasteiger partial charge on any atom is 0.261 e. The third kappa shape index (κ3) is 5.76. The van der Waals surface area contributed by atoms with Crippen molar-refractivity contribution >= 4 is 23.2 Å². The van der Waals surface area contributed by atoms with Crippen LogP contribution >= 0.6 is 12.2 Å². The van der Waals surface area contributed by atoms with Crippen LogP contribution in [0.25, 0.3) is 0 Å². The number of hydrogen-bond acceptors (Lipinski definition) is 4. The highest BCUT2D eigenvalue weighted by Gasteiger charge is 2.13. The van der Waals surface area contributed by atoms with Crippen molar-refractivity contribution in [2.45, 2.75) is 19.9 Å². The highest BCUT2D eigenvalue weighted by atomic mass is 32.1. The number of ether oxygens (including phenoxy) is 2. The van der Waals surface area contributed by atoms with Crippen molar-refractivity contribution in [2.24, 2.45) is 0 Å². The molecule has 2 aromatic carbocycles. The first kappa shape index (κ1) is 18.7. The van der Waals surface area contributed by atoms with Crippen molar-refractivity contribution in [3.05, 3.63) is 59.7 Å². The lowest BCUT2D eigenvalue weighted by Crippen LogP contribution is -2.39. The van der Waals surface area contributed by atoms with E-state index in [0.29, 0.717) is 24.5 Å². The van der Waals surface area contributed by atoms with Gasteiger partial charge in [-0.05, 0) is 48.5 Å². The van der Waals surface area contributed by atoms with E-state index in [1.807, 2.05) is 37.3 Å². The molecule has 132 valence electrons. The van der Waals surface area contributed by atoms with Crippen molar-refractivity contribution in [3.63, 3.8) is 0 Å². The molecule has 2 rings (SSSR count). The molecule has 0 bridgehead atoms. The van der Waals surface area contributed by atoms with Gasteiger partial charge < -0.3 is 14.8 Å². The third-order valence-corrected chi connectivity index (χ3v) is 3.68. The van der Waals surface area contributed by atoms with Crippen LogP contribution in [0, 0.1) is 0 Å². The second-order valence-electron chi connectivity index (χ2n) is 5.33. The van der Waals surface area contributed by atoms with Gasteiger partial charge in [-0.2, -0.15) is 0 Å². The van der Waals surface area contributed by atoms with Crippen molar-refractivity contribution in [1.82, 2.24) is 10.6 Å². The van der Waals surface area contributed by atoms with Gasteiger partial charge in [0.2, 0.25) is 0 Å². The summed E-state index contributed by atoms with van der Waals surface area (Å²) in [7, 11) is 1.62. The number of carbonyl (C=O) groups excluding carboxylic acids is 1. The molecule has 0 atom stereocenters. The Balaban J connectivity index is 1.90. The van der Waals surface area contributed by atoms with E-state index in [2.05, 4.69) is 10.6 Å². The van der Waals surface area contributed by atoms with E-state index in [0.717, 1.165) is 17.7 Å². The Hall–Kier alpha value is -2.60. The maximum atomic E-state index is 12.4. The van der Waals surface area contributed by atoms with Crippen LogP contribution in [-0.4, -0.2) is 24.7 Å². The van der Waals surface area contributed by atoms with Gasteiger partial charge in [0.15, 0.2) is 5.11 Å². The summed E-state index contributed by atoms with van der Waals surface area (Å²) in [6.07, 6.45) is 0.873. The monoisotopic (exact) mass is 358 g/mol. The maximum absolute atomic E-state index is 12.4. The average molecular weight is 358 g/mol. The van der Waals surface area contributed by atoms with E-state index in [9.17, 15) is 4.79 Å². The molecule has 0 radical (unpaired) electrons. The van der Waals surface area contributed by atoms with Gasteiger partial charge in [0.1, 0.15) is 11.5 Å². The van der Waals surface area contributed by atoms with Crippen LogP contribution in [0.3, 0.4) is 0 Å². The van der Waals surface area contributed by atoms with Crippen LogP contribution < -0.4 is 20.1 Å². The molecule has 0 heterocycles. The van der Waals surface area contributed by atoms with E-state index in [-0.39, 0.29) is 11.0 Å². The van der Waals surface area contributed by atoms with E-state index >= 15 is 0 Å². The first-order valence-corrected chi connectivity index (χ1v) is 8.48. The minimum absolute atomic E-state index is 0.270. The molecule has 0 unspecified atom stereocenters. The number of rotatable bonds is 7. The topological polar surface area (TPSA) is 59.6 Å². The zero-order valence-electron chi connectivity index (χ0n) is 14.4. The lowest BCUT2D eigenvalue weighted by molar-refractivity contribution is 0.0972. The molecule has 0 fully saturated rings. The minimum Gasteiger partial charge on any atom is -0.497 e. The highest BCUT2D eigenvalue weighted by molar-refractivity contribution is 7.80. The lowest BCUT2D eigenvalue weighted by atomic mass is 10.2. The molecule has 2 N–H and O–H groups in total. The SMILES string of the molecule is CCCOc1ccccc1C(=O)NC(=S)NCc1ccc(OC)cc1. The summed E-state index contributed by atoms with van der Waals surface area (Å²) in [5.41, 5.74) is 1.49. The fraction of sp³-hybridized carbons (Fsp3) is 0.263. The normalized spacial score (nSPS) is 10.0. The number of thiocarbonyl (C=S) groups is 1. The van der Waals surface area contributed by atoms with Gasteiger partial charge in [0.05, 0.1) is 19.3 Å². The molecule has 25 heavy (non-hydrogen) atoms. The molecule has 0 aliphatic carbocycles. The molecule has 0 aliphatic heterocycles. The number of benzene rings is 2. The predicted octanol–water partition coefficient (Wildman–Crippen LogP) is 3.29. The zero-order chi connectivity index (χ0) is 18.1. The van der Waals surface area contributed by atoms with Gasteiger partial charge in [-0.3, -0.25) is 10.1 Å². The summed E-state index contributed by atoms with van der Waals surface area (Å²) >= 11 is 5.20. The van der Waals surface area contributed by atoms with Crippen LogP contribution in [0.5, 0.6) is 11.5 Å². The Morgan fingerprint density at radius 1 is 1.12 bits per heavy atom. The summed E-state index contributed by atoms with van der Waals surface area (Å²) < 4.78 is 10.7. The zero-order valence-corrected chi connectivity index (χ0v) is 15.2. The van der Waals surface area contributed by atoms with Crippen LogP contribution in [0.1, 0.15) is 29.3 Å². The number of nitrogens with one attached hydrogen (secondary N) is 2. The lowest BCUT2D eigenvalue weighted by Gasteiger charge is -2.13. The molecule has 0 spiro atoms. The van der Waals surface area contributed by atoms with E-state index in [1.165, 1.54) is 0 Å². The molecule has 0 saturated carbocycles. The summed E-state index contributed by atoms with van der Waals surface area (Å²) in [6.45, 7) is 3.09.